The van der Waals surface area contributed by atoms with E-state index < -0.39 is 0 Å². The highest BCUT2D eigenvalue weighted by Gasteiger charge is 2.36. The maximum Gasteiger partial charge on any atom is 0.293 e. The van der Waals surface area contributed by atoms with Gasteiger partial charge in [-0.25, -0.2) is 0 Å². The molecule has 174 valence electrons. The molecule has 0 unspecified atom stereocenters. The Labute approximate surface area is 225 Å². The predicted molar refractivity (Wildman–Crippen MR) is 148 cm³/mol. The Kier molecular flexibility index (Phi) is 8.61. The highest BCUT2D eigenvalue weighted by atomic mass is 127. The molecule has 0 radical (unpaired) electrons. The summed E-state index contributed by atoms with van der Waals surface area (Å²) in [6, 6.07) is 12.0. The fourth-order valence-corrected chi connectivity index (χ4v) is 6.12. The van der Waals surface area contributed by atoms with Gasteiger partial charge in [-0.3, -0.25) is 14.5 Å². The molecule has 2 aliphatic rings. The summed E-state index contributed by atoms with van der Waals surface area (Å²) in [6.07, 6.45) is 7.60. The molecule has 0 bridgehead atoms. The second-order valence-corrected chi connectivity index (χ2v) is 11.6. The normalized spacial score (nSPS) is 18.3. The van der Waals surface area contributed by atoms with Crippen LogP contribution in [-0.4, -0.2) is 29.7 Å². The van der Waals surface area contributed by atoms with Crippen LogP contribution in [0.4, 0.5) is 4.79 Å². The Hall–Kier alpha value is -1.27. The molecule has 1 saturated carbocycles. The van der Waals surface area contributed by atoms with Gasteiger partial charge in [-0.2, -0.15) is 0 Å². The zero-order valence-corrected chi connectivity index (χ0v) is 23.4. The van der Waals surface area contributed by atoms with E-state index in [1.54, 1.807) is 13.2 Å². The van der Waals surface area contributed by atoms with E-state index in [0.717, 1.165) is 39.3 Å². The summed E-state index contributed by atoms with van der Waals surface area (Å²) in [6.45, 7) is 0.969. The third kappa shape index (κ3) is 6.25. The minimum atomic E-state index is -0.191. The van der Waals surface area contributed by atoms with Crippen molar-refractivity contribution in [1.29, 1.82) is 0 Å². The summed E-state index contributed by atoms with van der Waals surface area (Å²) in [5, 5.41) is -0.170. The monoisotopic (exact) mass is 689 g/mol. The average molecular weight is 689 g/mol. The maximum absolute atomic E-state index is 12.9. The Morgan fingerprint density at radius 3 is 2.52 bits per heavy atom. The van der Waals surface area contributed by atoms with Crippen LogP contribution in [-0.2, 0) is 11.4 Å². The van der Waals surface area contributed by atoms with E-state index in [9.17, 15) is 9.59 Å². The van der Waals surface area contributed by atoms with Crippen molar-refractivity contribution in [3.63, 3.8) is 0 Å². The quantitative estimate of drug-likeness (QED) is 0.230. The van der Waals surface area contributed by atoms with Gasteiger partial charge in [0, 0.05) is 10.1 Å². The summed E-state index contributed by atoms with van der Waals surface area (Å²) < 4.78 is 13.7. The van der Waals surface area contributed by atoms with E-state index in [2.05, 4.69) is 45.2 Å². The lowest BCUT2D eigenvalue weighted by molar-refractivity contribution is -0.123. The summed E-state index contributed by atoms with van der Waals surface area (Å²) in [5.74, 6) is 1.50. The fourth-order valence-electron chi connectivity index (χ4n) is 4.14. The number of imide groups is 1. The van der Waals surface area contributed by atoms with Crippen LogP contribution in [0.25, 0.3) is 6.08 Å². The SMILES string of the molecule is COc1cc(/C=C2/SC(=O)N(CC3CCCCC3)C2=O)cc(I)c1OCc1ccc(I)cc1. The van der Waals surface area contributed by atoms with Crippen LogP contribution < -0.4 is 9.47 Å². The first-order chi connectivity index (χ1) is 15.9. The lowest BCUT2D eigenvalue weighted by Crippen LogP contribution is -2.34. The highest BCUT2D eigenvalue weighted by Crippen LogP contribution is 2.38. The van der Waals surface area contributed by atoms with Crippen molar-refractivity contribution in [3.8, 4) is 11.5 Å². The van der Waals surface area contributed by atoms with Crippen molar-refractivity contribution in [2.45, 2.75) is 38.7 Å². The van der Waals surface area contributed by atoms with E-state index in [1.807, 2.05) is 36.4 Å². The van der Waals surface area contributed by atoms with E-state index >= 15 is 0 Å². The molecule has 1 saturated heterocycles. The number of ether oxygens (including phenoxy) is 2. The molecule has 2 aromatic rings. The second kappa shape index (κ2) is 11.4. The molecule has 5 nitrogen and oxygen atoms in total. The molecule has 0 spiro atoms. The molecule has 2 fully saturated rings. The number of thioether (sulfide) groups is 1. The topological polar surface area (TPSA) is 55.8 Å². The maximum atomic E-state index is 12.9. The number of hydrogen-bond acceptors (Lipinski definition) is 5. The van der Waals surface area contributed by atoms with Gasteiger partial charge in [0.1, 0.15) is 6.61 Å². The molecule has 33 heavy (non-hydrogen) atoms. The van der Waals surface area contributed by atoms with Gasteiger partial charge < -0.3 is 9.47 Å². The third-order valence-electron chi connectivity index (χ3n) is 5.89. The largest absolute Gasteiger partial charge is 0.493 e. The minimum absolute atomic E-state index is 0.170. The lowest BCUT2D eigenvalue weighted by atomic mass is 9.89. The number of carbonyl (C=O) groups excluding carboxylic acids is 2. The Balaban J connectivity index is 1.49. The molecule has 0 N–H and O–H groups in total. The Bertz CT molecular complexity index is 1060. The summed E-state index contributed by atoms with van der Waals surface area (Å²) in [7, 11) is 1.60. The fraction of sp³-hybridized carbons (Fsp3) is 0.360. The zero-order chi connectivity index (χ0) is 23.4. The van der Waals surface area contributed by atoms with Crippen LogP contribution in [0.1, 0.15) is 43.2 Å². The first-order valence-electron chi connectivity index (χ1n) is 10.9. The van der Waals surface area contributed by atoms with Gasteiger partial charge in [-0.1, -0.05) is 31.4 Å². The highest BCUT2D eigenvalue weighted by molar-refractivity contribution is 14.1. The zero-order valence-electron chi connectivity index (χ0n) is 18.3. The number of methoxy groups -OCH3 is 1. The van der Waals surface area contributed by atoms with Gasteiger partial charge in [-0.05, 0) is 117 Å². The molecular formula is C25H25I2NO4S. The number of carbonyl (C=O) groups is 2. The summed E-state index contributed by atoms with van der Waals surface area (Å²) in [4.78, 5) is 27.3. The van der Waals surface area contributed by atoms with Gasteiger partial charge in [0.05, 0.1) is 15.6 Å². The van der Waals surface area contributed by atoms with Gasteiger partial charge >= 0.3 is 0 Å². The van der Waals surface area contributed by atoms with Crippen molar-refractivity contribution in [2.75, 3.05) is 13.7 Å². The minimum Gasteiger partial charge on any atom is -0.493 e. The van der Waals surface area contributed by atoms with Crippen molar-refractivity contribution >= 4 is 74.2 Å². The van der Waals surface area contributed by atoms with Gasteiger partial charge in [0.15, 0.2) is 11.5 Å². The summed E-state index contributed by atoms with van der Waals surface area (Å²) in [5.41, 5.74) is 1.88. The molecule has 0 aromatic heterocycles. The van der Waals surface area contributed by atoms with Crippen LogP contribution >= 0.6 is 56.9 Å². The number of hydrogen-bond donors (Lipinski definition) is 0. The average Bonchev–Trinajstić information content (AvgIpc) is 3.07. The molecular weight excluding hydrogens is 664 g/mol. The molecule has 0 atom stereocenters. The van der Waals surface area contributed by atoms with Crippen LogP contribution in [0, 0.1) is 13.1 Å². The van der Waals surface area contributed by atoms with E-state index in [1.165, 1.54) is 27.7 Å². The second-order valence-electron chi connectivity index (χ2n) is 8.25. The number of rotatable bonds is 7. The predicted octanol–water partition coefficient (Wildman–Crippen LogP) is 7.10. The first-order valence-corrected chi connectivity index (χ1v) is 13.9. The van der Waals surface area contributed by atoms with Gasteiger partial charge in [-0.15, -0.1) is 0 Å². The van der Waals surface area contributed by atoms with Crippen LogP contribution in [0.5, 0.6) is 11.5 Å². The third-order valence-corrected chi connectivity index (χ3v) is 8.31. The van der Waals surface area contributed by atoms with Crippen LogP contribution in [0.15, 0.2) is 41.3 Å². The molecule has 1 aliphatic heterocycles. The standard InChI is InChI=1S/C25H25I2NO4S/c1-31-21-12-18(11-20(27)23(21)32-15-17-7-9-19(26)10-8-17)13-22-24(29)28(25(30)33-22)14-16-5-3-2-4-6-16/h7-13,16H,2-6,14-15H2,1H3/b22-13+. The summed E-state index contributed by atoms with van der Waals surface area (Å²) >= 11 is 5.51. The molecule has 8 heteroatoms. The number of amides is 2. The first kappa shape index (κ1) is 24.8. The van der Waals surface area contributed by atoms with E-state index in [4.69, 9.17) is 9.47 Å². The van der Waals surface area contributed by atoms with Crippen molar-refractivity contribution in [2.24, 2.45) is 5.92 Å². The van der Waals surface area contributed by atoms with Crippen molar-refractivity contribution in [3.05, 3.63) is 59.6 Å². The molecule has 1 aliphatic carbocycles. The van der Waals surface area contributed by atoms with Crippen molar-refractivity contribution in [1.82, 2.24) is 4.90 Å². The number of halogens is 2. The van der Waals surface area contributed by atoms with E-state index in [-0.39, 0.29) is 11.1 Å². The number of nitrogens with zero attached hydrogens (tertiary/aromatic N) is 1. The molecule has 2 aromatic carbocycles. The lowest BCUT2D eigenvalue weighted by Gasteiger charge is -2.25. The van der Waals surface area contributed by atoms with Gasteiger partial charge in [0.2, 0.25) is 0 Å². The van der Waals surface area contributed by atoms with Crippen LogP contribution in [0.2, 0.25) is 0 Å². The van der Waals surface area contributed by atoms with E-state index in [0.29, 0.717) is 35.5 Å². The van der Waals surface area contributed by atoms with Crippen molar-refractivity contribution < 1.29 is 19.1 Å². The molecule has 1 heterocycles. The smallest absolute Gasteiger partial charge is 0.293 e. The van der Waals surface area contributed by atoms with Crippen LogP contribution in [0.3, 0.4) is 0 Å². The Morgan fingerprint density at radius 2 is 1.82 bits per heavy atom. The number of benzene rings is 2. The Morgan fingerprint density at radius 1 is 1.09 bits per heavy atom. The van der Waals surface area contributed by atoms with Gasteiger partial charge in [0.25, 0.3) is 11.1 Å². The molecule has 4 rings (SSSR count). The molecule has 2 amide bonds.